The number of aromatic nitrogens is 1. The molecule has 33 heteroatoms. The number of carbonyl (C=O) groups excluding carboxylic acids is 12. The molecule has 0 aliphatic carbocycles. The maximum atomic E-state index is 15.2. The zero-order valence-corrected chi connectivity index (χ0v) is 64.8. The Bertz CT molecular complexity index is 3940. The van der Waals surface area contributed by atoms with Crippen molar-refractivity contribution in [1.82, 2.24) is 62.6 Å². The van der Waals surface area contributed by atoms with Gasteiger partial charge in [0.15, 0.2) is 5.96 Å². The first kappa shape index (κ1) is 86.5. The molecule has 13 amide bonds. The molecular weight excluding hydrogens is 1470 g/mol. The second kappa shape index (κ2) is 42.8. The molecule has 0 saturated carbocycles. The summed E-state index contributed by atoms with van der Waals surface area (Å²) in [5.41, 5.74) is 24.4. The normalized spacial score (nSPS) is 15.1. The fourth-order valence-corrected chi connectivity index (χ4v) is 15.9. The first-order chi connectivity index (χ1) is 51.3. The van der Waals surface area contributed by atoms with Crippen LogP contribution in [-0.4, -0.2) is 209 Å². The van der Waals surface area contributed by atoms with Crippen molar-refractivity contribution in [2.24, 2.45) is 27.9 Å². The van der Waals surface area contributed by atoms with Gasteiger partial charge in [0.25, 0.3) is 0 Å². The fraction of sp³-hybridized carbons (Fsp3) is 0.467. The van der Waals surface area contributed by atoms with Gasteiger partial charge >= 0.3 is 186 Å². The molecule has 108 heavy (non-hydrogen) atoms. The Hall–Kier alpha value is -10.4. The number of unbranched alkanes of at least 4 members (excludes halogenated alkanes) is 2. The van der Waals surface area contributed by atoms with Crippen molar-refractivity contribution in [2.45, 2.75) is 187 Å². The van der Waals surface area contributed by atoms with E-state index in [0.717, 1.165) is 15.7 Å². The number of primary amides is 2. The minimum atomic E-state index is -2.48. The molecule has 0 unspecified atom stereocenters. The van der Waals surface area contributed by atoms with Crippen molar-refractivity contribution in [1.29, 1.82) is 0 Å². The Morgan fingerprint density at radius 1 is 0.602 bits per heavy atom. The van der Waals surface area contributed by atoms with E-state index in [4.69, 9.17) is 34.5 Å². The summed E-state index contributed by atoms with van der Waals surface area (Å²) < 4.78 is 0. The van der Waals surface area contributed by atoms with Gasteiger partial charge in [0.05, 0.1) is 6.61 Å². The predicted octanol–water partition coefficient (Wildman–Crippen LogP) is 1.48. The first-order valence-electron chi connectivity index (χ1n) is 36.2. The number of phenolic OH excluding ortho intramolecular Hbond substituents is 1. The topological polar surface area (TPSA) is 489 Å². The molecule has 2 heterocycles. The van der Waals surface area contributed by atoms with Gasteiger partial charge in [-0.1, -0.05) is 104 Å². The second-order valence-electron chi connectivity index (χ2n) is 28.2. The average Bonchev–Trinajstić information content (AvgIpc) is 1.49. The molecule has 1 aliphatic heterocycles. The summed E-state index contributed by atoms with van der Waals surface area (Å²) in [4.78, 5) is 180. The van der Waals surface area contributed by atoms with Crippen LogP contribution in [0.2, 0.25) is 27.5 Å². The molecule has 10 atom stereocenters. The number of rotatable bonds is 42. The fourth-order valence-electron chi connectivity index (χ4n) is 12.6. The summed E-state index contributed by atoms with van der Waals surface area (Å²) >= 11 is 3.77. The van der Waals surface area contributed by atoms with Crippen LogP contribution in [0, 0.1) is 0 Å². The van der Waals surface area contributed by atoms with Gasteiger partial charge in [-0.05, 0) is 82.6 Å². The number of nitrogens with two attached hydrogens (primary N) is 4. The van der Waals surface area contributed by atoms with E-state index in [0.29, 0.717) is 51.8 Å². The maximum absolute atomic E-state index is 15.2. The summed E-state index contributed by atoms with van der Waals surface area (Å²) in [6, 6.07) is 14.1. The van der Waals surface area contributed by atoms with Gasteiger partial charge in [-0.2, -0.15) is 0 Å². The average molecular weight is 1580 g/mol. The third-order valence-corrected chi connectivity index (χ3v) is 21.9. The van der Waals surface area contributed by atoms with Crippen molar-refractivity contribution >= 4 is 113 Å². The van der Waals surface area contributed by atoms with E-state index in [2.05, 4.69) is 75.1 Å². The minimum absolute atomic E-state index is 0.0244. The summed E-state index contributed by atoms with van der Waals surface area (Å²) in [7, 11) is 1.23. The van der Waals surface area contributed by atoms with Gasteiger partial charge in [0, 0.05) is 63.6 Å². The molecule has 5 aromatic rings. The molecule has 0 spiro atoms. The van der Waals surface area contributed by atoms with Gasteiger partial charge in [-0.25, -0.2) is 4.79 Å². The van der Waals surface area contributed by atoms with Crippen LogP contribution in [0.5, 0.6) is 5.75 Å². The van der Waals surface area contributed by atoms with Gasteiger partial charge in [0.2, 0.25) is 41.4 Å². The number of amides is 13. The molecule has 0 bridgehead atoms. The number of nitrogens with zero attached hydrogens (tertiary/aromatic N) is 4. The molecule has 1 aromatic heterocycles. The van der Waals surface area contributed by atoms with Crippen LogP contribution >= 0.6 is 11.6 Å². The van der Waals surface area contributed by atoms with Crippen LogP contribution in [0.4, 0.5) is 4.79 Å². The van der Waals surface area contributed by atoms with Gasteiger partial charge < -0.3 is 64.2 Å². The van der Waals surface area contributed by atoms with Crippen molar-refractivity contribution in [3.05, 3.63) is 143 Å². The number of carbonyl (C=O) groups is 12. The van der Waals surface area contributed by atoms with Gasteiger partial charge in [-0.3, -0.25) is 38.5 Å². The molecule has 4 aromatic carbocycles. The number of hydrogen-bond donors (Lipinski definition) is 15. The number of guanidine groups is 1. The van der Waals surface area contributed by atoms with Crippen LogP contribution in [0.25, 0.3) is 10.8 Å². The van der Waals surface area contributed by atoms with Crippen LogP contribution in [0.15, 0.2) is 121 Å². The molecule has 1 fully saturated rings. The number of aromatic hydroxyl groups is 1. The number of aliphatic hydroxyl groups is 1. The zero-order valence-electron chi connectivity index (χ0n) is 61.9. The van der Waals surface area contributed by atoms with Crippen molar-refractivity contribution in [3.8, 4) is 5.75 Å². The van der Waals surface area contributed by atoms with E-state index in [9.17, 15) is 58.2 Å². The van der Waals surface area contributed by atoms with E-state index in [-0.39, 0.29) is 102 Å². The number of pyridine rings is 1. The molecule has 31 nitrogen and oxygen atoms in total. The number of aliphatic hydroxyl groups excluding tert-OH is 1. The van der Waals surface area contributed by atoms with Crippen molar-refractivity contribution in [2.75, 3.05) is 33.3 Å². The van der Waals surface area contributed by atoms with Crippen molar-refractivity contribution in [3.63, 3.8) is 0 Å². The number of urea groups is 1. The number of likely N-dealkylation sites (tertiary alicyclic amines) is 1. The SMILES string of the molecule is CCCC[C@H](NC(=O)[C@@H](CCCCNC(N)=O)NC(=O)[C@H](Cc1ccc(O)cc1)N(C)C(=O)[C@H](CO)NC(=O)[C@@H](Cc1cccnc1)NC(=O)[C@@H](Cc1ccc(Cl)cc1)NC(=O)[C@@H](Cc1ccc2ccccc2c1)NC(C)=O)C(=O)N[C@@H](CCCN=C(N)N)C(=O)N1CCC[C@H]1C(=O)N[C@H]([CH2][Ge]([CH3])([CH3])[CH3])C(N)=O. The molecule has 584 valence electrons. The first-order valence-corrected chi connectivity index (χ1v) is 44.3. The summed E-state index contributed by atoms with van der Waals surface area (Å²) in [6.45, 7) is 2.30. The van der Waals surface area contributed by atoms with E-state index in [1.165, 1.54) is 55.5 Å². The van der Waals surface area contributed by atoms with E-state index in [1.807, 2.05) is 49.4 Å². The monoisotopic (exact) mass is 1580 g/mol. The molecule has 1 saturated heterocycles. The Balaban J connectivity index is 1.28. The number of likely N-dealkylation sites (N-methyl/N-ethyl adjacent to an activating group) is 1. The van der Waals surface area contributed by atoms with Crippen LogP contribution in [0.1, 0.15) is 100 Å². The Morgan fingerprint density at radius 2 is 1.14 bits per heavy atom. The number of aliphatic imine (C=N–C) groups is 1. The van der Waals surface area contributed by atoms with E-state index < -0.39 is 151 Å². The van der Waals surface area contributed by atoms with E-state index >= 15 is 9.59 Å². The molecule has 6 rings (SSSR count). The molecular formula is C75H104ClGeN17O14. The second-order valence-corrected chi connectivity index (χ2v) is 40.3. The molecule has 19 N–H and O–H groups in total. The molecule has 0 radical (unpaired) electrons. The number of halogens is 1. The van der Waals surface area contributed by atoms with Gasteiger partial charge in [0.1, 0.15) is 42.0 Å². The zero-order chi connectivity index (χ0) is 79.2. The quantitative estimate of drug-likeness (QED) is 0.0114. The number of benzene rings is 4. The summed E-state index contributed by atoms with van der Waals surface area (Å²) in [5.74, 6) is -2.83. The summed E-state index contributed by atoms with van der Waals surface area (Å²) in [5, 5.41) is 48.4. The van der Waals surface area contributed by atoms with E-state index in [1.54, 1.807) is 36.4 Å². The van der Waals surface area contributed by atoms with Crippen molar-refractivity contribution < 1.29 is 67.7 Å². The van der Waals surface area contributed by atoms with Crippen LogP contribution in [0.3, 0.4) is 0 Å². The number of phenols is 1. The Kier molecular flexibility index (Phi) is 34.3. The number of nitrogens with one attached hydrogen (secondary N) is 9. The summed E-state index contributed by atoms with van der Waals surface area (Å²) in [6.07, 6.45) is 4.31. The van der Waals surface area contributed by atoms with Gasteiger partial charge in [-0.15, -0.1) is 0 Å². The Labute approximate surface area is 636 Å². The predicted molar refractivity (Wildman–Crippen MR) is 410 cm³/mol. The van der Waals surface area contributed by atoms with Crippen LogP contribution < -0.4 is 70.8 Å². The Morgan fingerprint density at radius 3 is 1.72 bits per heavy atom. The standard InChI is InChI=1S/C75H104ClGeN17O14/c1-7-8-19-54(66(100)88-56(21-14-35-83-74(79)80)73(107)94-36-15-22-62(94)70(104)91-60(64(78)98)42-77(3,4)5)86-65(99)55(20-11-12-34-84-75(81)108)87-71(105)63(41-47-26-31-53(97)32-27-47)93(6)72(106)61(44-95)92-69(103)59(40-49-16-13-33-82-43-49)90-68(102)58(38-46-24-29-52(76)30-25-46)89-67(101)57(85-45(2)96)39-48-23-28-50-17-9-10-18-51(50)37-48/h9-10,13,16-18,23-33,37,43,54-63,95,97H,7-8,11-12,14-15,19-22,34-36,38-42,44H2,1-6H3,(H2,78,98)(H,85,96)(H,86,99)(H,87,105)(H,88,100)(H,89,101)(H,90,102)(H,91,104)(H,92,103)(H4,79,80,83)(H3,81,84,108)/t54-,55+,56-,57+,58+,59+,60+,61-,62-,63-/m0/s1. The third kappa shape index (κ3) is 28.4. The third-order valence-electron chi connectivity index (χ3n) is 18.2. The number of fused-ring (bicyclic) bond motifs is 1. The molecule has 1 aliphatic rings. The van der Waals surface area contributed by atoms with Crippen LogP contribution in [-0.2, 0) is 78.4 Å². The number of hydrogen-bond acceptors (Lipinski definition) is 16.